The van der Waals surface area contributed by atoms with Gasteiger partial charge >= 0.3 is 0 Å². The van der Waals surface area contributed by atoms with Gasteiger partial charge < -0.3 is 10.2 Å². The number of hydrogen-bond donors (Lipinski definition) is 2. The van der Waals surface area contributed by atoms with Gasteiger partial charge in [-0.2, -0.15) is 0 Å². The number of amides is 1. The molecule has 0 saturated carbocycles. The molecule has 0 spiro atoms. The summed E-state index contributed by atoms with van der Waals surface area (Å²) in [5, 5.41) is 6.92. The Hall–Kier alpha value is -2.02. The number of nitrogens with one attached hydrogen (secondary N) is 2. The van der Waals surface area contributed by atoms with E-state index in [1.807, 2.05) is 0 Å². The second-order valence-electron chi connectivity index (χ2n) is 6.11. The van der Waals surface area contributed by atoms with E-state index >= 15 is 0 Å². The highest BCUT2D eigenvalue weighted by Gasteiger charge is 2.35. The van der Waals surface area contributed by atoms with E-state index < -0.39 is 5.82 Å². The average molecular weight is 373 g/mol. The summed E-state index contributed by atoms with van der Waals surface area (Å²) in [7, 11) is 0. The van der Waals surface area contributed by atoms with Gasteiger partial charge in [0.25, 0.3) is 5.91 Å². The number of quaternary nitrogens is 1. The standard InChI is InChI=1S/C19H17FN2OS2/c20-14-4-1-2-5-15(14)21-18(23)12-22-9-7-16-13(8-11-25-16)19(22)17-6-3-10-24-17/h1-6,8,10-11,19H,7,9,12H2,(H,21,23)/p+1/t19-/m1/s1. The molecule has 1 aromatic carbocycles. The van der Waals surface area contributed by atoms with E-state index in [4.69, 9.17) is 0 Å². The van der Waals surface area contributed by atoms with E-state index in [9.17, 15) is 9.18 Å². The first-order chi connectivity index (χ1) is 12.2. The van der Waals surface area contributed by atoms with E-state index in [0.717, 1.165) is 13.0 Å². The minimum absolute atomic E-state index is 0.152. The molecule has 6 heteroatoms. The van der Waals surface area contributed by atoms with Crippen LogP contribution in [0.1, 0.15) is 21.4 Å². The lowest BCUT2D eigenvalue weighted by Crippen LogP contribution is -3.14. The van der Waals surface area contributed by atoms with Crippen LogP contribution in [0.5, 0.6) is 0 Å². The van der Waals surface area contributed by atoms with Crippen LogP contribution in [-0.4, -0.2) is 19.0 Å². The minimum atomic E-state index is -0.403. The molecule has 1 aliphatic rings. The predicted molar refractivity (Wildman–Crippen MR) is 99.9 cm³/mol. The molecule has 1 aliphatic heterocycles. The maximum absolute atomic E-state index is 13.8. The van der Waals surface area contributed by atoms with Crippen LogP contribution in [0.15, 0.2) is 53.2 Å². The number of para-hydroxylation sites is 1. The smallest absolute Gasteiger partial charge is 0.279 e. The molecular formula is C19H18FN2OS2+. The summed E-state index contributed by atoms with van der Waals surface area (Å²) < 4.78 is 13.8. The van der Waals surface area contributed by atoms with Crippen LogP contribution >= 0.6 is 22.7 Å². The van der Waals surface area contributed by atoms with Crippen molar-refractivity contribution in [1.29, 1.82) is 0 Å². The Labute approximate surface area is 153 Å². The van der Waals surface area contributed by atoms with Crippen molar-refractivity contribution < 1.29 is 14.1 Å². The summed E-state index contributed by atoms with van der Waals surface area (Å²) in [5.74, 6) is -0.556. The lowest BCUT2D eigenvalue weighted by molar-refractivity contribution is -0.919. The first-order valence-corrected chi connectivity index (χ1v) is 9.97. The van der Waals surface area contributed by atoms with Gasteiger partial charge in [0.1, 0.15) is 11.9 Å². The third-order valence-electron chi connectivity index (χ3n) is 4.54. The number of thiophene rings is 2. The Bertz CT molecular complexity index is 875. The third kappa shape index (κ3) is 3.38. The summed E-state index contributed by atoms with van der Waals surface area (Å²) in [6, 6.07) is 12.8. The summed E-state index contributed by atoms with van der Waals surface area (Å²) >= 11 is 3.52. The van der Waals surface area contributed by atoms with E-state index in [2.05, 4.69) is 34.3 Å². The van der Waals surface area contributed by atoms with Gasteiger partial charge in [-0.15, -0.1) is 22.7 Å². The third-order valence-corrected chi connectivity index (χ3v) is 6.47. The van der Waals surface area contributed by atoms with Crippen LogP contribution in [0.4, 0.5) is 10.1 Å². The van der Waals surface area contributed by atoms with Crippen molar-refractivity contribution in [3.63, 3.8) is 0 Å². The molecule has 0 radical (unpaired) electrons. The predicted octanol–water partition coefficient (Wildman–Crippen LogP) is 3.12. The first-order valence-electron chi connectivity index (χ1n) is 8.21. The fraction of sp³-hybridized carbons (Fsp3) is 0.211. The zero-order valence-electron chi connectivity index (χ0n) is 13.5. The van der Waals surface area contributed by atoms with Crippen LogP contribution < -0.4 is 10.2 Å². The van der Waals surface area contributed by atoms with Crippen molar-refractivity contribution in [2.75, 3.05) is 18.4 Å². The number of rotatable bonds is 4. The van der Waals surface area contributed by atoms with Crippen molar-refractivity contribution in [2.24, 2.45) is 0 Å². The monoisotopic (exact) mass is 373 g/mol. The molecule has 2 aromatic heterocycles. The van der Waals surface area contributed by atoms with Crippen LogP contribution in [0, 0.1) is 5.82 Å². The van der Waals surface area contributed by atoms with Gasteiger partial charge in [0.15, 0.2) is 6.54 Å². The van der Waals surface area contributed by atoms with Crippen molar-refractivity contribution in [3.8, 4) is 0 Å². The summed E-state index contributed by atoms with van der Waals surface area (Å²) in [6.07, 6.45) is 0.983. The molecule has 4 rings (SSSR count). The topological polar surface area (TPSA) is 33.5 Å². The number of fused-ring (bicyclic) bond motifs is 1. The zero-order valence-corrected chi connectivity index (χ0v) is 15.1. The molecule has 0 bridgehead atoms. The van der Waals surface area contributed by atoms with E-state index in [1.165, 1.54) is 26.3 Å². The van der Waals surface area contributed by atoms with Crippen molar-refractivity contribution in [1.82, 2.24) is 0 Å². The normalized spacial score (nSPS) is 19.4. The molecule has 0 aliphatic carbocycles. The fourth-order valence-electron chi connectivity index (χ4n) is 3.41. The Kier molecular flexibility index (Phi) is 4.65. The summed E-state index contributed by atoms with van der Waals surface area (Å²) in [4.78, 5) is 16.4. The molecule has 3 aromatic rings. The van der Waals surface area contributed by atoms with E-state index in [1.54, 1.807) is 40.9 Å². The number of carbonyl (C=O) groups is 1. The summed E-state index contributed by atoms with van der Waals surface area (Å²) in [6.45, 7) is 1.23. The lowest BCUT2D eigenvalue weighted by atomic mass is 9.98. The fourth-order valence-corrected chi connectivity index (χ4v) is 5.23. The van der Waals surface area contributed by atoms with Gasteiger partial charge in [0, 0.05) is 16.9 Å². The number of hydrogen-bond acceptors (Lipinski definition) is 3. The largest absolute Gasteiger partial charge is 0.319 e. The van der Waals surface area contributed by atoms with E-state index in [-0.39, 0.29) is 17.6 Å². The maximum atomic E-state index is 13.8. The molecule has 128 valence electrons. The van der Waals surface area contributed by atoms with E-state index in [0.29, 0.717) is 6.54 Å². The lowest BCUT2D eigenvalue weighted by Gasteiger charge is -2.31. The Morgan fingerprint density at radius 2 is 2.04 bits per heavy atom. The number of carbonyl (C=O) groups excluding carboxylic acids is 1. The minimum Gasteiger partial charge on any atom is -0.319 e. The quantitative estimate of drug-likeness (QED) is 0.724. The molecular weight excluding hydrogens is 355 g/mol. The molecule has 2 atom stereocenters. The maximum Gasteiger partial charge on any atom is 0.279 e. The number of benzene rings is 1. The van der Waals surface area contributed by atoms with Crippen LogP contribution in [-0.2, 0) is 11.2 Å². The van der Waals surface area contributed by atoms with Crippen molar-refractivity contribution >= 4 is 34.3 Å². The molecule has 3 nitrogen and oxygen atoms in total. The second kappa shape index (κ2) is 7.07. The van der Waals surface area contributed by atoms with Gasteiger partial charge in [0.2, 0.25) is 0 Å². The highest BCUT2D eigenvalue weighted by atomic mass is 32.1. The second-order valence-corrected chi connectivity index (χ2v) is 8.09. The molecule has 0 fully saturated rings. The Morgan fingerprint density at radius 3 is 2.84 bits per heavy atom. The number of anilines is 1. The zero-order chi connectivity index (χ0) is 17.2. The molecule has 1 unspecified atom stereocenters. The highest BCUT2D eigenvalue weighted by Crippen LogP contribution is 2.31. The highest BCUT2D eigenvalue weighted by molar-refractivity contribution is 7.10. The molecule has 2 N–H and O–H groups in total. The molecule has 1 amide bonds. The van der Waals surface area contributed by atoms with Crippen LogP contribution in [0.2, 0.25) is 0 Å². The van der Waals surface area contributed by atoms with Crippen molar-refractivity contribution in [3.05, 3.63) is 74.4 Å². The molecule has 3 heterocycles. The van der Waals surface area contributed by atoms with Gasteiger partial charge in [0.05, 0.1) is 17.1 Å². The average Bonchev–Trinajstić information content (AvgIpc) is 3.28. The molecule has 25 heavy (non-hydrogen) atoms. The van der Waals surface area contributed by atoms with Gasteiger partial charge in [-0.1, -0.05) is 18.2 Å². The Balaban J connectivity index is 1.55. The van der Waals surface area contributed by atoms with Gasteiger partial charge in [-0.05, 0) is 35.0 Å². The van der Waals surface area contributed by atoms with Crippen LogP contribution in [0.3, 0.4) is 0 Å². The molecule has 0 saturated heterocycles. The number of halogens is 1. The summed E-state index contributed by atoms with van der Waals surface area (Å²) in [5.41, 5.74) is 1.57. The van der Waals surface area contributed by atoms with Gasteiger partial charge in [-0.3, -0.25) is 4.79 Å². The van der Waals surface area contributed by atoms with Crippen LogP contribution in [0.25, 0.3) is 0 Å². The van der Waals surface area contributed by atoms with Gasteiger partial charge in [-0.25, -0.2) is 4.39 Å². The van der Waals surface area contributed by atoms with Crippen molar-refractivity contribution in [2.45, 2.75) is 12.5 Å². The first kappa shape index (κ1) is 16.4. The Morgan fingerprint density at radius 1 is 1.16 bits per heavy atom. The SMILES string of the molecule is O=C(C[NH+]1CCc2sccc2[C@@H]1c1cccs1)Nc1ccccc1F.